The Labute approximate surface area is 136 Å². The van der Waals surface area contributed by atoms with Gasteiger partial charge in [-0.25, -0.2) is 4.79 Å². The molecule has 0 saturated carbocycles. The lowest BCUT2D eigenvalue weighted by molar-refractivity contribution is -0.124. The zero-order chi connectivity index (χ0) is 16.9. The lowest BCUT2D eigenvalue weighted by Crippen LogP contribution is -2.55. The van der Waals surface area contributed by atoms with Crippen LogP contribution in [0.4, 0.5) is 4.79 Å². The Morgan fingerprint density at radius 2 is 2.00 bits per heavy atom. The lowest BCUT2D eigenvalue weighted by Gasteiger charge is -2.22. The van der Waals surface area contributed by atoms with Crippen LogP contribution in [0.25, 0.3) is 0 Å². The smallest absolute Gasteiger partial charge is 0.312 e. The highest BCUT2D eigenvalue weighted by Crippen LogP contribution is 2.13. The molecule has 0 bridgehead atoms. The van der Waals surface area contributed by atoms with Crippen molar-refractivity contribution < 1.29 is 14.4 Å². The molecule has 0 aliphatic heterocycles. The number of nitrogens with one attached hydrogen (secondary N) is 3. The van der Waals surface area contributed by atoms with Gasteiger partial charge in [0.25, 0.3) is 11.8 Å². The van der Waals surface area contributed by atoms with Crippen LogP contribution < -0.4 is 21.9 Å². The number of primary amides is 1. The molecule has 9 heteroatoms. The minimum absolute atomic E-state index is 0.131. The van der Waals surface area contributed by atoms with E-state index in [2.05, 4.69) is 32.1 Å². The van der Waals surface area contributed by atoms with Crippen molar-refractivity contribution in [3.05, 3.63) is 22.4 Å². The minimum Gasteiger partial charge on any atom is -0.352 e. The van der Waals surface area contributed by atoms with Crippen LogP contribution in [-0.2, 0) is 11.8 Å². The molecule has 122 valence electrons. The van der Waals surface area contributed by atoms with Crippen LogP contribution in [-0.4, -0.2) is 28.5 Å². The molecule has 0 fully saturated rings. The van der Waals surface area contributed by atoms with Gasteiger partial charge in [-0.15, -0.1) is 0 Å². The highest BCUT2D eigenvalue weighted by atomic mass is 79.9. The topological polar surface area (TPSA) is 118 Å². The van der Waals surface area contributed by atoms with E-state index in [4.69, 9.17) is 5.73 Å². The SMILES string of the molecule is CCC(C)C(NC(N)=O)C(=O)NNC(=O)c1cc(Br)cn1C. The first-order chi connectivity index (χ1) is 10.3. The predicted octanol–water partition coefficient (Wildman–Crippen LogP) is 0.632. The van der Waals surface area contributed by atoms with Crippen molar-refractivity contribution in [2.45, 2.75) is 26.3 Å². The number of nitrogens with two attached hydrogens (primary N) is 1. The Morgan fingerprint density at radius 1 is 1.36 bits per heavy atom. The first kappa shape index (κ1) is 18.0. The normalized spacial score (nSPS) is 13.1. The average molecular weight is 374 g/mol. The van der Waals surface area contributed by atoms with E-state index in [1.807, 2.05) is 6.92 Å². The molecular weight excluding hydrogens is 354 g/mol. The number of aromatic nitrogens is 1. The van der Waals surface area contributed by atoms with Crippen molar-refractivity contribution in [3.63, 3.8) is 0 Å². The van der Waals surface area contributed by atoms with Crippen LogP contribution in [0.15, 0.2) is 16.7 Å². The van der Waals surface area contributed by atoms with Gasteiger partial charge >= 0.3 is 6.03 Å². The Bertz CT molecular complexity index is 572. The van der Waals surface area contributed by atoms with Gasteiger partial charge in [0.05, 0.1) is 0 Å². The van der Waals surface area contributed by atoms with E-state index in [9.17, 15) is 14.4 Å². The molecule has 1 rings (SSSR count). The summed E-state index contributed by atoms with van der Waals surface area (Å²) in [6.45, 7) is 3.68. The summed E-state index contributed by atoms with van der Waals surface area (Å²) >= 11 is 3.26. The summed E-state index contributed by atoms with van der Waals surface area (Å²) < 4.78 is 2.36. The number of carbonyl (C=O) groups excluding carboxylic acids is 3. The van der Waals surface area contributed by atoms with Crippen LogP contribution in [0, 0.1) is 5.92 Å². The van der Waals surface area contributed by atoms with Crippen LogP contribution in [0.1, 0.15) is 30.8 Å². The molecular formula is C13H20BrN5O3. The maximum absolute atomic E-state index is 12.1. The Kier molecular flexibility index (Phi) is 6.41. The van der Waals surface area contributed by atoms with Gasteiger partial charge in [0.2, 0.25) is 0 Å². The van der Waals surface area contributed by atoms with E-state index in [1.165, 1.54) is 0 Å². The number of rotatable bonds is 5. The first-order valence-electron chi connectivity index (χ1n) is 6.74. The van der Waals surface area contributed by atoms with Gasteiger partial charge < -0.3 is 15.6 Å². The van der Waals surface area contributed by atoms with Crippen molar-refractivity contribution in [2.75, 3.05) is 0 Å². The quantitative estimate of drug-likeness (QED) is 0.566. The molecule has 0 saturated heterocycles. The highest BCUT2D eigenvalue weighted by molar-refractivity contribution is 9.10. The lowest BCUT2D eigenvalue weighted by atomic mass is 9.99. The molecule has 0 aliphatic carbocycles. The molecule has 0 spiro atoms. The van der Waals surface area contributed by atoms with Gasteiger partial charge in [-0.2, -0.15) is 0 Å². The summed E-state index contributed by atoms with van der Waals surface area (Å²) in [5.41, 5.74) is 10.1. The molecule has 0 aromatic carbocycles. The molecule has 1 aromatic rings. The summed E-state index contributed by atoms with van der Waals surface area (Å²) in [6.07, 6.45) is 2.38. The summed E-state index contributed by atoms with van der Waals surface area (Å²) in [5.74, 6) is -1.13. The maximum atomic E-state index is 12.1. The van der Waals surface area contributed by atoms with Crippen LogP contribution in [0.5, 0.6) is 0 Å². The molecule has 5 N–H and O–H groups in total. The molecule has 0 radical (unpaired) electrons. The van der Waals surface area contributed by atoms with E-state index in [1.54, 1.807) is 30.8 Å². The number of amides is 4. The van der Waals surface area contributed by atoms with Crippen molar-refractivity contribution in [1.29, 1.82) is 0 Å². The second-order valence-corrected chi connectivity index (χ2v) is 5.89. The molecule has 0 aliphatic rings. The molecule has 1 aromatic heterocycles. The summed E-state index contributed by atoms with van der Waals surface area (Å²) in [7, 11) is 1.71. The van der Waals surface area contributed by atoms with Crippen LogP contribution in [0.3, 0.4) is 0 Å². The number of hydrogen-bond donors (Lipinski definition) is 4. The molecule has 1 heterocycles. The third-order valence-electron chi connectivity index (χ3n) is 3.30. The predicted molar refractivity (Wildman–Crippen MR) is 84.7 cm³/mol. The maximum Gasteiger partial charge on any atom is 0.312 e. The number of nitrogens with zero attached hydrogens (tertiary/aromatic N) is 1. The zero-order valence-electron chi connectivity index (χ0n) is 12.6. The van der Waals surface area contributed by atoms with E-state index >= 15 is 0 Å². The number of hydrazine groups is 1. The summed E-state index contributed by atoms with van der Waals surface area (Å²) in [5, 5.41) is 2.37. The first-order valence-corrected chi connectivity index (χ1v) is 7.53. The largest absolute Gasteiger partial charge is 0.352 e. The monoisotopic (exact) mass is 373 g/mol. The number of carbonyl (C=O) groups is 3. The minimum atomic E-state index is -0.817. The Balaban J connectivity index is 2.68. The fourth-order valence-electron chi connectivity index (χ4n) is 1.87. The molecule has 22 heavy (non-hydrogen) atoms. The number of aryl methyl sites for hydroxylation is 1. The number of halogens is 1. The summed E-state index contributed by atoms with van der Waals surface area (Å²) in [6, 6.07) is 0.0102. The second kappa shape index (κ2) is 7.83. The van der Waals surface area contributed by atoms with Gasteiger partial charge in [0.15, 0.2) is 0 Å². The van der Waals surface area contributed by atoms with E-state index in [0.717, 1.165) is 4.47 Å². The fraction of sp³-hybridized carbons (Fsp3) is 0.462. The van der Waals surface area contributed by atoms with Crippen molar-refractivity contribution >= 4 is 33.8 Å². The summed E-state index contributed by atoms with van der Waals surface area (Å²) in [4.78, 5) is 35.1. The third-order valence-corrected chi connectivity index (χ3v) is 3.73. The van der Waals surface area contributed by atoms with E-state index in [-0.39, 0.29) is 5.92 Å². The molecule has 2 unspecified atom stereocenters. The van der Waals surface area contributed by atoms with Gasteiger partial charge in [-0.05, 0) is 27.9 Å². The van der Waals surface area contributed by atoms with Gasteiger partial charge in [0, 0.05) is 17.7 Å². The fourth-order valence-corrected chi connectivity index (χ4v) is 2.39. The van der Waals surface area contributed by atoms with Crippen molar-refractivity contribution in [3.8, 4) is 0 Å². The van der Waals surface area contributed by atoms with Gasteiger partial charge in [-0.1, -0.05) is 20.3 Å². The second-order valence-electron chi connectivity index (χ2n) is 4.97. The highest BCUT2D eigenvalue weighted by Gasteiger charge is 2.25. The molecule has 4 amide bonds. The van der Waals surface area contributed by atoms with E-state index < -0.39 is 23.9 Å². The number of urea groups is 1. The van der Waals surface area contributed by atoms with Crippen molar-refractivity contribution in [1.82, 2.24) is 20.7 Å². The third kappa shape index (κ3) is 4.76. The van der Waals surface area contributed by atoms with E-state index in [0.29, 0.717) is 12.1 Å². The van der Waals surface area contributed by atoms with Crippen LogP contribution >= 0.6 is 15.9 Å². The van der Waals surface area contributed by atoms with Crippen LogP contribution in [0.2, 0.25) is 0 Å². The van der Waals surface area contributed by atoms with Gasteiger partial charge in [0.1, 0.15) is 11.7 Å². The number of hydrogen-bond acceptors (Lipinski definition) is 3. The zero-order valence-corrected chi connectivity index (χ0v) is 14.2. The standard InChI is InChI=1S/C13H20BrN5O3/c1-4-7(2)10(16-13(15)22)12(21)18-17-11(20)9-5-8(14)6-19(9)3/h5-7,10H,4H2,1-3H3,(H,17,20)(H,18,21)(H3,15,16,22). The molecule has 8 nitrogen and oxygen atoms in total. The average Bonchev–Trinajstić information content (AvgIpc) is 2.79. The Hall–Kier alpha value is -2.03. The van der Waals surface area contributed by atoms with Gasteiger partial charge in [-0.3, -0.25) is 20.4 Å². The van der Waals surface area contributed by atoms with Crippen molar-refractivity contribution in [2.24, 2.45) is 18.7 Å². The molecule has 2 atom stereocenters. The Morgan fingerprint density at radius 3 is 2.45 bits per heavy atom.